The monoisotopic (exact) mass is 264 g/mol. The summed E-state index contributed by atoms with van der Waals surface area (Å²) < 4.78 is 0. The van der Waals surface area contributed by atoms with Gasteiger partial charge in [0, 0.05) is 18.4 Å². The molecule has 104 valence electrons. The second-order valence-electron chi connectivity index (χ2n) is 4.80. The third kappa shape index (κ3) is 4.24. The summed E-state index contributed by atoms with van der Waals surface area (Å²) in [5.74, 6) is -1.02. The molecule has 0 fully saturated rings. The molecule has 0 atom stereocenters. The van der Waals surface area contributed by atoms with Crippen LogP contribution in [0.2, 0.25) is 0 Å². The van der Waals surface area contributed by atoms with Crippen molar-refractivity contribution in [2.24, 2.45) is 5.73 Å². The summed E-state index contributed by atoms with van der Waals surface area (Å²) in [7, 11) is 0. The number of rotatable bonds is 6. The number of hydrogen-bond donors (Lipinski definition) is 3. The Hall–Kier alpha value is -2.11. The average Bonchev–Trinajstić information content (AvgIpc) is 2.36. The number of amides is 2. The van der Waals surface area contributed by atoms with Gasteiger partial charge in [0.25, 0.3) is 5.91 Å². The summed E-state index contributed by atoms with van der Waals surface area (Å²) in [5.41, 5.74) is 5.16. The van der Waals surface area contributed by atoms with Gasteiger partial charge in [0.15, 0.2) is 0 Å². The molecular weight excluding hydrogens is 244 g/mol. The second-order valence-corrected chi connectivity index (χ2v) is 4.80. The molecule has 0 radical (unpaired) electrons. The molecule has 19 heavy (non-hydrogen) atoms. The van der Waals surface area contributed by atoms with E-state index in [9.17, 15) is 9.59 Å². The molecule has 1 rings (SSSR count). The zero-order valence-electron chi connectivity index (χ0n) is 11.5. The van der Waals surface area contributed by atoms with Crippen LogP contribution in [-0.4, -0.2) is 28.9 Å². The molecule has 4 N–H and O–H groups in total. The molecule has 0 bridgehead atoms. The molecule has 0 aromatic carbocycles. The fourth-order valence-corrected chi connectivity index (χ4v) is 1.34. The van der Waals surface area contributed by atoms with Crippen molar-refractivity contribution in [3.8, 4) is 0 Å². The molecule has 1 aromatic rings. The van der Waals surface area contributed by atoms with Gasteiger partial charge >= 0.3 is 0 Å². The number of carbonyl (C=O) groups is 2. The predicted molar refractivity (Wildman–Crippen MR) is 73.8 cm³/mol. The minimum absolute atomic E-state index is 0.246. The lowest BCUT2D eigenvalue weighted by atomic mass is 10.0. The number of nitrogens with one attached hydrogen (secondary N) is 2. The summed E-state index contributed by atoms with van der Waals surface area (Å²) in [5, 5.41) is 5.72. The van der Waals surface area contributed by atoms with Gasteiger partial charge in [0.05, 0.1) is 0 Å². The number of anilines is 1. The third-order valence-electron chi connectivity index (χ3n) is 2.61. The van der Waals surface area contributed by atoms with E-state index < -0.39 is 17.4 Å². The molecule has 0 unspecified atom stereocenters. The van der Waals surface area contributed by atoms with Crippen molar-refractivity contribution in [3.63, 3.8) is 0 Å². The van der Waals surface area contributed by atoms with E-state index >= 15 is 0 Å². The fraction of sp³-hybridized carbons (Fsp3) is 0.462. The number of primary amides is 1. The number of pyridine rings is 1. The first-order chi connectivity index (χ1) is 8.86. The molecule has 1 heterocycles. The van der Waals surface area contributed by atoms with Crippen LogP contribution in [-0.2, 0) is 4.79 Å². The Bertz CT molecular complexity index is 471. The summed E-state index contributed by atoms with van der Waals surface area (Å²) in [4.78, 5) is 27.1. The van der Waals surface area contributed by atoms with Crippen LogP contribution in [0.1, 0.15) is 37.7 Å². The van der Waals surface area contributed by atoms with E-state index in [1.165, 1.54) is 0 Å². The highest BCUT2D eigenvalue weighted by molar-refractivity contribution is 5.97. The standard InChI is InChI=1S/C13H20N4O2/c1-4-6-15-9-5-7-16-10(8-9)11(18)17-13(2,3)12(14)19/h5,7-8H,4,6H2,1-3H3,(H2,14,19)(H,15,16)(H,17,18). The van der Waals surface area contributed by atoms with Crippen molar-refractivity contribution in [1.82, 2.24) is 10.3 Å². The Morgan fingerprint density at radius 2 is 2.11 bits per heavy atom. The van der Waals surface area contributed by atoms with Crippen LogP contribution >= 0.6 is 0 Å². The van der Waals surface area contributed by atoms with Crippen molar-refractivity contribution in [1.29, 1.82) is 0 Å². The highest BCUT2D eigenvalue weighted by Gasteiger charge is 2.27. The maximum Gasteiger partial charge on any atom is 0.270 e. The zero-order chi connectivity index (χ0) is 14.5. The number of aromatic nitrogens is 1. The van der Waals surface area contributed by atoms with Crippen LogP contribution in [0, 0.1) is 0 Å². The highest BCUT2D eigenvalue weighted by atomic mass is 16.2. The lowest BCUT2D eigenvalue weighted by molar-refractivity contribution is -0.122. The molecule has 6 heteroatoms. The van der Waals surface area contributed by atoms with Crippen LogP contribution in [0.3, 0.4) is 0 Å². The van der Waals surface area contributed by atoms with Crippen LogP contribution in [0.15, 0.2) is 18.3 Å². The van der Waals surface area contributed by atoms with Gasteiger partial charge in [-0.15, -0.1) is 0 Å². The lowest BCUT2D eigenvalue weighted by Crippen LogP contribution is -2.53. The smallest absolute Gasteiger partial charge is 0.270 e. The second kappa shape index (κ2) is 6.17. The van der Waals surface area contributed by atoms with Gasteiger partial charge in [-0.1, -0.05) is 6.92 Å². The molecule has 0 aliphatic rings. The largest absolute Gasteiger partial charge is 0.385 e. The molecule has 1 aromatic heterocycles. The van der Waals surface area contributed by atoms with Crippen LogP contribution in [0.25, 0.3) is 0 Å². The Morgan fingerprint density at radius 1 is 1.42 bits per heavy atom. The summed E-state index contributed by atoms with van der Waals surface area (Å²) in [6, 6.07) is 3.42. The minimum atomic E-state index is -1.11. The van der Waals surface area contributed by atoms with Gasteiger partial charge in [0.2, 0.25) is 5.91 Å². The Kier molecular flexibility index (Phi) is 4.86. The lowest BCUT2D eigenvalue weighted by Gasteiger charge is -2.22. The van der Waals surface area contributed by atoms with E-state index in [0.717, 1.165) is 18.7 Å². The van der Waals surface area contributed by atoms with E-state index in [-0.39, 0.29) is 5.69 Å². The van der Waals surface area contributed by atoms with Crippen molar-refractivity contribution < 1.29 is 9.59 Å². The van der Waals surface area contributed by atoms with Crippen LogP contribution < -0.4 is 16.4 Å². The van der Waals surface area contributed by atoms with E-state index in [1.54, 1.807) is 32.2 Å². The van der Waals surface area contributed by atoms with Gasteiger partial charge in [0.1, 0.15) is 11.2 Å². The zero-order valence-corrected chi connectivity index (χ0v) is 11.5. The normalized spacial score (nSPS) is 10.9. The Balaban J connectivity index is 2.80. The summed E-state index contributed by atoms with van der Waals surface area (Å²) in [6.45, 7) is 5.97. The molecule has 0 aliphatic heterocycles. The molecule has 0 saturated heterocycles. The van der Waals surface area contributed by atoms with E-state index in [4.69, 9.17) is 5.73 Å². The van der Waals surface area contributed by atoms with E-state index in [0.29, 0.717) is 0 Å². The van der Waals surface area contributed by atoms with Crippen LogP contribution in [0.5, 0.6) is 0 Å². The van der Waals surface area contributed by atoms with Gasteiger partial charge in [-0.2, -0.15) is 0 Å². The van der Waals surface area contributed by atoms with Gasteiger partial charge in [-0.05, 0) is 32.4 Å². The topological polar surface area (TPSA) is 97.1 Å². The Morgan fingerprint density at radius 3 is 2.68 bits per heavy atom. The minimum Gasteiger partial charge on any atom is -0.385 e. The first-order valence-electron chi connectivity index (χ1n) is 6.19. The first kappa shape index (κ1) is 14.9. The number of hydrogen-bond acceptors (Lipinski definition) is 4. The average molecular weight is 264 g/mol. The molecule has 0 saturated carbocycles. The third-order valence-corrected chi connectivity index (χ3v) is 2.61. The summed E-state index contributed by atoms with van der Waals surface area (Å²) >= 11 is 0. The Labute approximate surface area is 112 Å². The quantitative estimate of drug-likeness (QED) is 0.711. The SMILES string of the molecule is CCCNc1ccnc(C(=O)NC(C)(C)C(N)=O)c1. The molecule has 6 nitrogen and oxygen atoms in total. The highest BCUT2D eigenvalue weighted by Crippen LogP contribution is 2.09. The van der Waals surface area contributed by atoms with Crippen molar-refractivity contribution >= 4 is 17.5 Å². The van der Waals surface area contributed by atoms with Gasteiger partial charge in [-0.25, -0.2) is 0 Å². The molecular formula is C13H20N4O2. The van der Waals surface area contributed by atoms with Crippen LogP contribution in [0.4, 0.5) is 5.69 Å². The van der Waals surface area contributed by atoms with E-state index in [1.807, 2.05) is 0 Å². The van der Waals surface area contributed by atoms with E-state index in [2.05, 4.69) is 22.5 Å². The first-order valence-corrected chi connectivity index (χ1v) is 6.19. The van der Waals surface area contributed by atoms with Crippen molar-refractivity contribution in [2.75, 3.05) is 11.9 Å². The fourth-order valence-electron chi connectivity index (χ4n) is 1.34. The number of nitrogens with two attached hydrogens (primary N) is 1. The molecule has 0 aliphatic carbocycles. The maximum absolute atomic E-state index is 12.0. The molecule has 0 spiro atoms. The summed E-state index contributed by atoms with van der Waals surface area (Å²) in [6.07, 6.45) is 2.53. The number of carbonyl (C=O) groups excluding carboxylic acids is 2. The van der Waals surface area contributed by atoms with Gasteiger partial charge in [-0.3, -0.25) is 14.6 Å². The van der Waals surface area contributed by atoms with Crippen molar-refractivity contribution in [3.05, 3.63) is 24.0 Å². The molecule has 2 amide bonds. The van der Waals surface area contributed by atoms with Crippen molar-refractivity contribution in [2.45, 2.75) is 32.7 Å². The van der Waals surface area contributed by atoms with Gasteiger partial charge < -0.3 is 16.4 Å². The number of nitrogens with zero attached hydrogens (tertiary/aromatic N) is 1. The maximum atomic E-state index is 12.0. The predicted octanol–water partition coefficient (Wildman–Crippen LogP) is 0.897.